The first-order valence-electron chi connectivity index (χ1n) is 12.0. The topological polar surface area (TPSA) is 133 Å². The fourth-order valence-electron chi connectivity index (χ4n) is 4.46. The van der Waals surface area contributed by atoms with Gasteiger partial charge in [-0.3, -0.25) is 14.6 Å². The van der Waals surface area contributed by atoms with Gasteiger partial charge in [0.15, 0.2) is 24.8 Å². The lowest BCUT2D eigenvalue weighted by atomic mass is 9.97. The number of carbonyl (C=O) groups is 2. The molecule has 0 amide bonds. The third kappa shape index (κ3) is 5.93. The summed E-state index contributed by atoms with van der Waals surface area (Å²) in [4.78, 5) is 28.4. The van der Waals surface area contributed by atoms with E-state index >= 15 is 0 Å². The number of esters is 2. The molecule has 1 aromatic carbocycles. The molecule has 2 aromatic heterocycles. The van der Waals surface area contributed by atoms with E-state index < -0.39 is 48.9 Å². The minimum absolute atomic E-state index is 0.00980. The zero-order valence-electron chi connectivity index (χ0n) is 20.7. The summed E-state index contributed by atoms with van der Waals surface area (Å²) in [6.07, 6.45) is -3.12. The Kier molecular flexibility index (Phi) is 7.42. The Morgan fingerprint density at radius 3 is 2.62 bits per heavy atom. The van der Waals surface area contributed by atoms with E-state index in [1.165, 1.54) is 13.8 Å². The van der Waals surface area contributed by atoms with Crippen LogP contribution in [-0.2, 0) is 51.2 Å². The zero-order valence-corrected chi connectivity index (χ0v) is 20.7. The summed E-state index contributed by atoms with van der Waals surface area (Å²) in [7, 11) is 0. The van der Waals surface area contributed by atoms with Crippen LogP contribution in [0.2, 0.25) is 0 Å². The van der Waals surface area contributed by atoms with Crippen molar-refractivity contribution in [3.05, 3.63) is 54.0 Å². The fraction of sp³-hybridized carbons (Fsp3) is 0.480. The second-order valence-corrected chi connectivity index (χ2v) is 8.91. The third-order valence-electron chi connectivity index (χ3n) is 6.00. The SMILES string of the molecule is CC(=O)O[C@@H]1[C@@H](OC(C)=O)[C@H](OCc2cn(Cc3ccc4ccccc4n3)nn2)O[C@@H]2CO[C@H](C)O[C@@H]12. The molecule has 6 atom stereocenters. The Hall–Kier alpha value is -3.45. The number of carbonyl (C=O) groups excluding carboxylic acids is 2. The molecule has 0 saturated carbocycles. The predicted molar refractivity (Wildman–Crippen MR) is 126 cm³/mol. The lowest BCUT2D eigenvalue weighted by Crippen LogP contribution is -2.64. The van der Waals surface area contributed by atoms with Gasteiger partial charge in [0.05, 0.1) is 37.2 Å². The van der Waals surface area contributed by atoms with Crippen LogP contribution >= 0.6 is 0 Å². The summed E-state index contributed by atoms with van der Waals surface area (Å²) in [6, 6.07) is 11.8. The highest BCUT2D eigenvalue weighted by Crippen LogP contribution is 2.33. The monoisotopic (exact) mass is 512 g/mol. The largest absolute Gasteiger partial charge is 0.455 e. The van der Waals surface area contributed by atoms with Gasteiger partial charge in [0.2, 0.25) is 0 Å². The molecule has 2 aliphatic heterocycles. The van der Waals surface area contributed by atoms with Crippen molar-refractivity contribution in [3.8, 4) is 0 Å². The van der Waals surface area contributed by atoms with Crippen LogP contribution in [-0.4, -0.2) is 75.5 Å². The molecule has 196 valence electrons. The Morgan fingerprint density at radius 1 is 1.03 bits per heavy atom. The average Bonchev–Trinajstić information content (AvgIpc) is 3.31. The smallest absolute Gasteiger partial charge is 0.303 e. The quantitative estimate of drug-likeness (QED) is 0.429. The number of para-hydroxylation sites is 1. The summed E-state index contributed by atoms with van der Waals surface area (Å²) in [6.45, 7) is 4.89. The van der Waals surface area contributed by atoms with E-state index in [1.807, 2.05) is 36.4 Å². The molecule has 0 radical (unpaired) electrons. The molecule has 0 aliphatic carbocycles. The molecule has 2 saturated heterocycles. The standard InChI is InChI=1S/C25H28N4O8/c1-14(30)34-23-22-21(13-32-16(3)36-22)37-25(24(23)35-15(2)31)33-12-19-11-29(28-27-19)10-18-9-8-17-6-4-5-7-20(17)26-18/h4-9,11,16,21-25H,10,12-13H2,1-3H3/t16-,21+,22+,23-,24+,25+/m0/s1. The van der Waals surface area contributed by atoms with Crippen LogP contribution in [0.5, 0.6) is 0 Å². The van der Waals surface area contributed by atoms with Gasteiger partial charge in [-0.15, -0.1) is 5.10 Å². The highest BCUT2D eigenvalue weighted by atomic mass is 16.8. The summed E-state index contributed by atoms with van der Waals surface area (Å²) in [5.41, 5.74) is 2.27. The van der Waals surface area contributed by atoms with Gasteiger partial charge in [-0.25, -0.2) is 4.68 Å². The molecule has 0 unspecified atom stereocenters. The molecular formula is C25H28N4O8. The second-order valence-electron chi connectivity index (χ2n) is 8.91. The van der Waals surface area contributed by atoms with Crippen LogP contribution < -0.4 is 0 Å². The molecule has 3 aromatic rings. The van der Waals surface area contributed by atoms with E-state index in [4.69, 9.17) is 28.4 Å². The van der Waals surface area contributed by atoms with Gasteiger partial charge in [-0.2, -0.15) is 0 Å². The number of nitrogens with zero attached hydrogens (tertiary/aromatic N) is 4. The maximum atomic E-state index is 11.9. The molecule has 37 heavy (non-hydrogen) atoms. The molecule has 12 nitrogen and oxygen atoms in total. The lowest BCUT2D eigenvalue weighted by Gasteiger charge is -2.47. The fourth-order valence-corrected chi connectivity index (χ4v) is 4.46. The first-order chi connectivity index (χ1) is 17.9. The number of ether oxygens (including phenoxy) is 6. The van der Waals surface area contributed by atoms with E-state index in [-0.39, 0.29) is 13.2 Å². The van der Waals surface area contributed by atoms with E-state index in [0.717, 1.165) is 16.6 Å². The Bertz CT molecular complexity index is 1270. The van der Waals surface area contributed by atoms with E-state index in [9.17, 15) is 9.59 Å². The maximum Gasteiger partial charge on any atom is 0.303 e. The molecule has 0 N–H and O–H groups in total. The minimum atomic E-state index is -1.05. The van der Waals surface area contributed by atoms with E-state index in [1.54, 1.807) is 17.8 Å². The van der Waals surface area contributed by atoms with Crippen LogP contribution in [0.15, 0.2) is 42.6 Å². The molecular weight excluding hydrogens is 484 g/mol. The molecule has 4 heterocycles. The molecule has 2 fully saturated rings. The van der Waals surface area contributed by atoms with Crippen LogP contribution in [0.3, 0.4) is 0 Å². The summed E-state index contributed by atoms with van der Waals surface area (Å²) in [5.74, 6) is -1.12. The number of fused-ring (bicyclic) bond motifs is 2. The summed E-state index contributed by atoms with van der Waals surface area (Å²) < 4.78 is 36.0. The van der Waals surface area contributed by atoms with Crippen LogP contribution in [0.25, 0.3) is 10.9 Å². The van der Waals surface area contributed by atoms with Crippen molar-refractivity contribution in [2.45, 2.75) is 70.9 Å². The molecule has 0 spiro atoms. The van der Waals surface area contributed by atoms with E-state index in [2.05, 4.69) is 15.3 Å². The Balaban J connectivity index is 1.28. The maximum absolute atomic E-state index is 11.9. The number of rotatable bonds is 7. The van der Waals surface area contributed by atoms with E-state index in [0.29, 0.717) is 12.2 Å². The third-order valence-corrected chi connectivity index (χ3v) is 6.00. The summed E-state index contributed by atoms with van der Waals surface area (Å²) in [5, 5.41) is 9.39. The Morgan fingerprint density at radius 2 is 1.81 bits per heavy atom. The van der Waals surface area contributed by atoms with Gasteiger partial charge in [0.1, 0.15) is 17.9 Å². The van der Waals surface area contributed by atoms with Crippen molar-refractivity contribution in [3.63, 3.8) is 0 Å². The highest BCUT2D eigenvalue weighted by Gasteiger charge is 2.53. The minimum Gasteiger partial charge on any atom is -0.455 e. The van der Waals surface area contributed by atoms with Gasteiger partial charge in [0.25, 0.3) is 0 Å². The Labute approximate surface area is 212 Å². The molecule has 0 bridgehead atoms. The van der Waals surface area contributed by atoms with Crippen molar-refractivity contribution >= 4 is 22.8 Å². The number of hydrogen-bond donors (Lipinski definition) is 0. The van der Waals surface area contributed by atoms with Gasteiger partial charge in [-0.1, -0.05) is 29.5 Å². The zero-order chi connectivity index (χ0) is 25.9. The second kappa shape index (κ2) is 10.9. The van der Waals surface area contributed by atoms with Gasteiger partial charge >= 0.3 is 11.9 Å². The highest BCUT2D eigenvalue weighted by molar-refractivity contribution is 5.78. The number of benzene rings is 1. The average molecular weight is 513 g/mol. The van der Waals surface area contributed by atoms with Gasteiger partial charge < -0.3 is 28.4 Å². The first-order valence-corrected chi connectivity index (χ1v) is 12.0. The molecule has 2 aliphatic rings. The van der Waals surface area contributed by atoms with Crippen molar-refractivity contribution in [1.29, 1.82) is 0 Å². The normalized spacial score (nSPS) is 27.4. The number of pyridine rings is 1. The van der Waals surface area contributed by atoms with Crippen molar-refractivity contribution in [1.82, 2.24) is 20.0 Å². The molecule has 5 rings (SSSR count). The van der Waals surface area contributed by atoms with Crippen molar-refractivity contribution in [2.24, 2.45) is 0 Å². The van der Waals surface area contributed by atoms with Gasteiger partial charge in [0, 0.05) is 19.2 Å². The number of aromatic nitrogens is 4. The number of hydrogen-bond acceptors (Lipinski definition) is 11. The van der Waals surface area contributed by atoms with Gasteiger partial charge in [-0.05, 0) is 19.1 Å². The lowest BCUT2D eigenvalue weighted by molar-refractivity contribution is -0.358. The first kappa shape index (κ1) is 25.2. The van der Waals surface area contributed by atoms with Crippen LogP contribution in [0.4, 0.5) is 0 Å². The van der Waals surface area contributed by atoms with Crippen LogP contribution in [0.1, 0.15) is 32.2 Å². The van der Waals surface area contributed by atoms with Crippen LogP contribution in [0, 0.1) is 0 Å². The predicted octanol–water partition coefficient (Wildman–Crippen LogP) is 1.74. The van der Waals surface area contributed by atoms with Crippen molar-refractivity contribution < 1.29 is 38.0 Å². The molecule has 12 heteroatoms. The summed E-state index contributed by atoms with van der Waals surface area (Å²) >= 11 is 0. The van der Waals surface area contributed by atoms with Crippen molar-refractivity contribution in [2.75, 3.05) is 6.61 Å².